The summed E-state index contributed by atoms with van der Waals surface area (Å²) in [6, 6.07) is 19.6. The van der Waals surface area contributed by atoms with E-state index in [0.717, 1.165) is 52.8 Å². The maximum Gasteiger partial charge on any atom is 0.251 e. The molecular weight excluding hydrogens is 454 g/mol. The van der Waals surface area contributed by atoms with Crippen molar-refractivity contribution >= 4 is 11.7 Å². The molecule has 1 fully saturated rings. The van der Waals surface area contributed by atoms with Crippen molar-refractivity contribution in [1.29, 1.82) is 0 Å². The van der Waals surface area contributed by atoms with Gasteiger partial charge >= 0.3 is 0 Å². The molecule has 0 atom stereocenters. The molecule has 2 N–H and O–H groups in total. The zero-order valence-electron chi connectivity index (χ0n) is 20.5. The number of benzene rings is 3. The van der Waals surface area contributed by atoms with E-state index >= 15 is 0 Å². The summed E-state index contributed by atoms with van der Waals surface area (Å²) in [5, 5.41) is 11.7. The maximum absolute atomic E-state index is 13.4. The number of ketones is 1. The van der Waals surface area contributed by atoms with Crippen LogP contribution in [0.1, 0.15) is 52.7 Å². The molecule has 1 aliphatic heterocycles. The molecule has 1 aliphatic carbocycles. The number of hydrogen-bond acceptors (Lipinski definition) is 5. The van der Waals surface area contributed by atoms with Crippen molar-refractivity contribution in [3.05, 3.63) is 82.9 Å². The molecule has 0 unspecified atom stereocenters. The lowest BCUT2D eigenvalue weighted by Gasteiger charge is -2.16. The Kier molecular flexibility index (Phi) is 6.79. The number of rotatable bonds is 10. The van der Waals surface area contributed by atoms with Crippen molar-refractivity contribution < 1.29 is 24.2 Å². The number of carbonyl (C=O) groups is 2. The van der Waals surface area contributed by atoms with Gasteiger partial charge in [-0.15, -0.1) is 0 Å². The van der Waals surface area contributed by atoms with Crippen molar-refractivity contribution in [3.63, 3.8) is 0 Å². The molecular formula is C30H31NO5. The number of fused-ring (bicyclic) bond motifs is 1. The van der Waals surface area contributed by atoms with Crippen LogP contribution in [0.2, 0.25) is 0 Å². The van der Waals surface area contributed by atoms with Crippen LogP contribution in [-0.4, -0.2) is 36.7 Å². The number of nitrogens with one attached hydrogen (secondary N) is 1. The number of amides is 1. The topological polar surface area (TPSA) is 84.9 Å². The van der Waals surface area contributed by atoms with Crippen LogP contribution in [0.4, 0.5) is 0 Å². The third-order valence-electron chi connectivity index (χ3n) is 7.20. The number of hydrogen-bond donors (Lipinski definition) is 2. The summed E-state index contributed by atoms with van der Waals surface area (Å²) in [6.07, 6.45) is 3.51. The van der Waals surface area contributed by atoms with Crippen LogP contribution in [-0.2, 0) is 16.6 Å². The molecule has 1 saturated carbocycles. The van der Waals surface area contributed by atoms with Crippen LogP contribution in [0, 0.1) is 6.92 Å². The van der Waals surface area contributed by atoms with E-state index in [9.17, 15) is 9.59 Å². The van der Waals surface area contributed by atoms with E-state index in [0.29, 0.717) is 30.7 Å². The second kappa shape index (κ2) is 10.2. The van der Waals surface area contributed by atoms with Crippen LogP contribution >= 0.6 is 0 Å². The quantitative estimate of drug-likeness (QED) is 0.406. The molecule has 0 saturated heterocycles. The van der Waals surface area contributed by atoms with Gasteiger partial charge in [-0.2, -0.15) is 0 Å². The molecule has 0 bridgehead atoms. The van der Waals surface area contributed by atoms with Crippen molar-refractivity contribution in [2.45, 2.75) is 44.4 Å². The van der Waals surface area contributed by atoms with E-state index in [1.807, 2.05) is 48.5 Å². The van der Waals surface area contributed by atoms with Crippen LogP contribution in [0.15, 0.2) is 60.7 Å². The van der Waals surface area contributed by atoms with Crippen LogP contribution in [0.25, 0.3) is 11.1 Å². The lowest BCUT2D eigenvalue weighted by atomic mass is 9.87. The standard InChI is InChI=1S/C30H31NO5/c1-20-4-5-21(16-25(20)22-6-8-23(9-7-22)29(34)31-14-2-3-15-32)17-28(33)30(12-13-30)24-10-11-26-27(18-24)36-19-35-26/h4-11,16,18,32H,2-3,12-15,17,19H2,1H3,(H,31,34). The summed E-state index contributed by atoms with van der Waals surface area (Å²) in [4.78, 5) is 25.8. The Balaban J connectivity index is 1.29. The largest absolute Gasteiger partial charge is 0.454 e. The second-order valence-corrected chi connectivity index (χ2v) is 9.66. The Morgan fingerprint density at radius 2 is 1.72 bits per heavy atom. The molecule has 36 heavy (non-hydrogen) atoms. The zero-order valence-corrected chi connectivity index (χ0v) is 20.5. The first-order valence-electron chi connectivity index (χ1n) is 12.5. The predicted molar refractivity (Wildman–Crippen MR) is 137 cm³/mol. The van der Waals surface area contributed by atoms with E-state index in [1.54, 1.807) is 0 Å². The molecule has 0 aromatic heterocycles. The van der Waals surface area contributed by atoms with Crippen LogP contribution < -0.4 is 14.8 Å². The minimum Gasteiger partial charge on any atom is -0.454 e. The Bertz CT molecular complexity index is 1280. The zero-order chi connectivity index (χ0) is 25.1. The molecule has 3 aromatic rings. The van der Waals surface area contributed by atoms with Gasteiger partial charge in [-0.25, -0.2) is 0 Å². The lowest BCUT2D eigenvalue weighted by Crippen LogP contribution is -2.24. The highest BCUT2D eigenvalue weighted by atomic mass is 16.7. The van der Waals surface area contributed by atoms with E-state index < -0.39 is 5.41 Å². The predicted octanol–water partition coefficient (Wildman–Crippen LogP) is 4.74. The molecule has 2 aliphatic rings. The Hall–Kier alpha value is -3.64. The number of unbranched alkanes of at least 4 members (excludes halogenated alkanes) is 1. The molecule has 0 radical (unpaired) electrons. The van der Waals surface area contributed by atoms with E-state index in [4.69, 9.17) is 14.6 Å². The summed E-state index contributed by atoms with van der Waals surface area (Å²) in [7, 11) is 0. The third kappa shape index (κ3) is 4.86. The molecule has 5 rings (SSSR count). The number of aryl methyl sites for hydroxylation is 1. The van der Waals surface area contributed by atoms with E-state index in [2.05, 4.69) is 24.4 Å². The first-order valence-corrected chi connectivity index (χ1v) is 12.5. The minimum absolute atomic E-state index is 0.117. The monoisotopic (exact) mass is 485 g/mol. The van der Waals surface area contributed by atoms with Gasteiger partial charge in [0.15, 0.2) is 11.5 Å². The van der Waals surface area contributed by atoms with Gasteiger partial charge in [0, 0.05) is 25.1 Å². The maximum atomic E-state index is 13.4. The van der Waals surface area contributed by atoms with Crippen molar-refractivity contribution in [1.82, 2.24) is 5.32 Å². The Morgan fingerprint density at radius 3 is 2.47 bits per heavy atom. The number of ether oxygens (including phenoxy) is 2. The molecule has 186 valence electrons. The lowest BCUT2D eigenvalue weighted by molar-refractivity contribution is -0.120. The van der Waals surface area contributed by atoms with E-state index in [1.165, 1.54) is 0 Å². The molecule has 6 nitrogen and oxygen atoms in total. The highest BCUT2D eigenvalue weighted by Crippen LogP contribution is 2.51. The highest BCUT2D eigenvalue weighted by molar-refractivity contribution is 5.95. The van der Waals surface area contributed by atoms with Gasteiger partial charge in [-0.1, -0.05) is 36.4 Å². The number of Topliss-reactive ketones (excluding diaryl/α,β-unsaturated/α-hetero) is 1. The van der Waals surface area contributed by atoms with Crippen molar-refractivity contribution in [2.24, 2.45) is 0 Å². The average molecular weight is 486 g/mol. The number of carbonyl (C=O) groups excluding carboxylic acids is 2. The van der Waals surface area contributed by atoms with Gasteiger partial charge in [-0.05, 0) is 84.7 Å². The molecule has 1 heterocycles. The van der Waals surface area contributed by atoms with E-state index in [-0.39, 0.29) is 25.1 Å². The Morgan fingerprint density at radius 1 is 0.944 bits per heavy atom. The average Bonchev–Trinajstić information content (AvgIpc) is 3.58. The Labute approximate surface area is 211 Å². The van der Waals surface area contributed by atoms with Gasteiger partial charge in [0.1, 0.15) is 5.78 Å². The summed E-state index contributed by atoms with van der Waals surface area (Å²) in [5.74, 6) is 1.56. The summed E-state index contributed by atoms with van der Waals surface area (Å²) in [5.41, 5.74) is 5.35. The fraction of sp³-hybridized carbons (Fsp3) is 0.333. The molecule has 3 aromatic carbocycles. The summed E-state index contributed by atoms with van der Waals surface area (Å²) in [6.45, 7) is 2.96. The fourth-order valence-corrected chi connectivity index (χ4v) is 4.83. The van der Waals surface area contributed by atoms with Gasteiger partial charge in [0.25, 0.3) is 5.91 Å². The molecule has 1 amide bonds. The SMILES string of the molecule is Cc1ccc(CC(=O)C2(c3ccc4c(c3)OCO4)CC2)cc1-c1ccc(C(=O)NCCCCO)cc1. The molecule has 0 spiro atoms. The normalized spacial score (nSPS) is 14.9. The highest BCUT2D eigenvalue weighted by Gasteiger charge is 2.50. The minimum atomic E-state index is -0.432. The summed E-state index contributed by atoms with van der Waals surface area (Å²) >= 11 is 0. The smallest absolute Gasteiger partial charge is 0.251 e. The van der Waals surface area contributed by atoms with Gasteiger partial charge < -0.3 is 19.9 Å². The fourth-order valence-electron chi connectivity index (χ4n) is 4.83. The molecule has 6 heteroatoms. The number of aliphatic hydroxyl groups is 1. The third-order valence-corrected chi connectivity index (χ3v) is 7.20. The van der Waals surface area contributed by atoms with Gasteiger partial charge in [0.05, 0.1) is 5.41 Å². The van der Waals surface area contributed by atoms with Crippen molar-refractivity contribution in [3.8, 4) is 22.6 Å². The first-order chi connectivity index (χ1) is 17.5. The van der Waals surface area contributed by atoms with Gasteiger partial charge in [0.2, 0.25) is 6.79 Å². The van der Waals surface area contributed by atoms with Crippen LogP contribution in [0.5, 0.6) is 11.5 Å². The van der Waals surface area contributed by atoms with Crippen LogP contribution in [0.3, 0.4) is 0 Å². The number of aliphatic hydroxyl groups excluding tert-OH is 1. The van der Waals surface area contributed by atoms with Gasteiger partial charge in [-0.3, -0.25) is 9.59 Å². The summed E-state index contributed by atoms with van der Waals surface area (Å²) < 4.78 is 10.9. The van der Waals surface area contributed by atoms with Crippen molar-refractivity contribution in [2.75, 3.05) is 19.9 Å². The first kappa shape index (κ1) is 24.1. The second-order valence-electron chi connectivity index (χ2n) is 9.66.